The number of benzene rings is 4. The second kappa shape index (κ2) is 16.6. The fourth-order valence-corrected chi connectivity index (χ4v) is 7.79. The van der Waals surface area contributed by atoms with Crippen LogP contribution in [0.15, 0.2) is 200 Å². The Morgan fingerprint density at radius 3 is 2.18 bits per heavy atom. The van der Waals surface area contributed by atoms with Gasteiger partial charge in [-0.05, 0) is 66.0 Å². The van der Waals surface area contributed by atoms with Gasteiger partial charge in [0.25, 0.3) is 0 Å². The zero-order valence-corrected chi connectivity index (χ0v) is 30.8. The minimum Gasteiger partial charge on any atom is -0.456 e. The second-order valence-corrected chi connectivity index (χ2v) is 13.9. The molecule has 0 saturated heterocycles. The summed E-state index contributed by atoms with van der Waals surface area (Å²) in [6.45, 7) is 7.53. The Morgan fingerprint density at radius 1 is 0.636 bits per heavy atom. The quantitative estimate of drug-likeness (QED) is 0.118. The van der Waals surface area contributed by atoms with Crippen LogP contribution in [0, 0.1) is 17.8 Å². The molecule has 2 aliphatic rings. The first-order chi connectivity index (χ1) is 27.2. The highest BCUT2D eigenvalue weighted by atomic mass is 16.3. The molecule has 3 atom stereocenters. The molecule has 0 amide bonds. The van der Waals surface area contributed by atoms with Crippen LogP contribution in [0.4, 0.5) is 0 Å². The third-order valence-electron chi connectivity index (χ3n) is 10.5. The maximum atomic E-state index is 6.46. The fraction of sp³-hybridized carbons (Fsp3) is 0.118. The molecule has 2 aliphatic carbocycles. The topological polar surface area (TPSA) is 51.8 Å². The van der Waals surface area contributed by atoms with Crippen molar-refractivity contribution in [2.45, 2.75) is 19.3 Å². The van der Waals surface area contributed by atoms with Crippen LogP contribution >= 0.6 is 0 Å². The molecule has 268 valence electrons. The Labute approximate surface area is 323 Å². The van der Waals surface area contributed by atoms with Crippen molar-refractivity contribution >= 4 is 27.5 Å². The summed E-state index contributed by atoms with van der Waals surface area (Å²) < 4.78 is 6.46. The number of aromatic nitrogens is 3. The van der Waals surface area contributed by atoms with Crippen molar-refractivity contribution in [2.24, 2.45) is 17.8 Å². The lowest BCUT2D eigenvalue weighted by Crippen LogP contribution is -2.27. The van der Waals surface area contributed by atoms with Gasteiger partial charge in [-0.15, -0.1) is 0 Å². The van der Waals surface area contributed by atoms with Crippen LogP contribution in [0.25, 0.3) is 61.4 Å². The second-order valence-electron chi connectivity index (χ2n) is 13.9. The number of fused-ring (bicyclic) bond motifs is 4. The van der Waals surface area contributed by atoms with Crippen LogP contribution in [0.5, 0.6) is 0 Å². The molecular weight excluding hydrogens is 671 g/mol. The first-order valence-corrected chi connectivity index (χ1v) is 19.0. The normalized spacial score (nSPS) is 18.3. The summed E-state index contributed by atoms with van der Waals surface area (Å²) in [5.74, 6) is 2.95. The van der Waals surface area contributed by atoms with Crippen molar-refractivity contribution in [1.29, 1.82) is 0 Å². The van der Waals surface area contributed by atoms with Crippen LogP contribution in [0.3, 0.4) is 0 Å². The monoisotopic (exact) mass is 713 g/mol. The molecule has 0 saturated carbocycles. The lowest BCUT2D eigenvalue weighted by molar-refractivity contribution is 0.346. The van der Waals surface area contributed by atoms with Crippen LogP contribution in [-0.2, 0) is 6.42 Å². The average Bonchev–Trinajstić information content (AvgIpc) is 3.62. The summed E-state index contributed by atoms with van der Waals surface area (Å²) in [4.78, 5) is 15.9. The van der Waals surface area contributed by atoms with Gasteiger partial charge in [-0.25, -0.2) is 15.0 Å². The van der Waals surface area contributed by atoms with Crippen molar-refractivity contribution < 1.29 is 4.42 Å². The van der Waals surface area contributed by atoms with Crippen molar-refractivity contribution in [3.63, 3.8) is 0 Å². The Balaban J connectivity index is 1.29. The lowest BCUT2D eigenvalue weighted by atomic mass is 9.69. The van der Waals surface area contributed by atoms with Gasteiger partial charge in [-0.2, -0.15) is 0 Å². The SMILES string of the molecule is C=C/C=C\C=C/Cc1ccc(-c2ccc3oc4ccccc4c3c2-c2nc(C3=CCC(C/C=C\C=C/C=C)C4C=CC=CC34)nc(-c3ccccc3)n2)cc1. The van der Waals surface area contributed by atoms with E-state index in [1.165, 1.54) is 5.56 Å². The molecule has 6 aromatic rings. The zero-order chi connectivity index (χ0) is 37.4. The largest absolute Gasteiger partial charge is 0.456 e. The van der Waals surface area contributed by atoms with Crippen LogP contribution in [0.1, 0.15) is 24.2 Å². The minimum absolute atomic E-state index is 0.151. The third-order valence-corrected chi connectivity index (χ3v) is 10.5. The predicted molar refractivity (Wildman–Crippen MR) is 230 cm³/mol. The summed E-state index contributed by atoms with van der Waals surface area (Å²) in [5, 5.41) is 2.03. The first kappa shape index (κ1) is 35.4. The Bertz CT molecular complexity index is 2560. The van der Waals surface area contributed by atoms with Gasteiger partial charge in [0.1, 0.15) is 11.2 Å². The minimum atomic E-state index is 0.151. The molecule has 0 fully saturated rings. The molecule has 4 aromatic carbocycles. The summed E-state index contributed by atoms with van der Waals surface area (Å²) in [7, 11) is 0. The molecule has 3 unspecified atom stereocenters. The maximum Gasteiger partial charge on any atom is 0.165 e. The van der Waals surface area contributed by atoms with Crippen LogP contribution in [0.2, 0.25) is 0 Å². The van der Waals surface area contributed by atoms with E-state index in [1.807, 2.05) is 54.6 Å². The number of allylic oxidation sites excluding steroid dienone is 16. The standard InChI is InChI=1S/C51H43N3O/c1-3-5-7-9-12-20-36-28-30-38(31-29-36)41-34-35-46-47(44-26-18-19-27-45(44)55-46)48(41)51-53-49(39-22-14-11-15-23-39)52-50(54-51)43-33-32-37(21-13-10-8-6-4-2)40-24-16-17-25-42(40)43/h3-19,22-31,33-35,37,40,42H,1-2,20-21,32H2/b7-5-,8-6-,12-9-,13-10-. The van der Waals surface area contributed by atoms with E-state index in [0.717, 1.165) is 69.0 Å². The third kappa shape index (κ3) is 7.58. The van der Waals surface area contributed by atoms with Gasteiger partial charge in [-0.3, -0.25) is 0 Å². The summed E-state index contributed by atoms with van der Waals surface area (Å²) in [6, 6.07) is 31.5. The summed E-state index contributed by atoms with van der Waals surface area (Å²) >= 11 is 0. The van der Waals surface area contributed by atoms with Gasteiger partial charge >= 0.3 is 0 Å². The van der Waals surface area contributed by atoms with Crippen molar-refractivity contribution in [2.75, 3.05) is 0 Å². The van der Waals surface area contributed by atoms with Crippen molar-refractivity contribution in [3.05, 3.63) is 207 Å². The van der Waals surface area contributed by atoms with Gasteiger partial charge in [0, 0.05) is 33.4 Å². The molecule has 4 heteroatoms. The van der Waals surface area contributed by atoms with E-state index in [4.69, 9.17) is 19.4 Å². The molecule has 0 N–H and O–H groups in total. The number of para-hydroxylation sites is 1. The van der Waals surface area contributed by atoms with Gasteiger partial charge < -0.3 is 4.42 Å². The molecule has 0 spiro atoms. The molecule has 8 rings (SSSR count). The van der Waals surface area contributed by atoms with Crippen LogP contribution in [-0.4, -0.2) is 15.0 Å². The molecule has 2 heterocycles. The molecule has 4 nitrogen and oxygen atoms in total. The number of hydrogen-bond acceptors (Lipinski definition) is 4. The first-order valence-electron chi connectivity index (χ1n) is 19.0. The number of hydrogen-bond donors (Lipinski definition) is 0. The predicted octanol–water partition coefficient (Wildman–Crippen LogP) is 13.1. The van der Waals surface area contributed by atoms with E-state index in [2.05, 4.69) is 129 Å². The lowest BCUT2D eigenvalue weighted by Gasteiger charge is -2.36. The molecular formula is C51H43N3O. The highest BCUT2D eigenvalue weighted by molar-refractivity contribution is 6.15. The van der Waals surface area contributed by atoms with Gasteiger partial charge in [0.15, 0.2) is 17.5 Å². The zero-order valence-electron chi connectivity index (χ0n) is 30.8. The van der Waals surface area contributed by atoms with Gasteiger partial charge in [0.2, 0.25) is 0 Å². The van der Waals surface area contributed by atoms with E-state index in [1.54, 1.807) is 12.2 Å². The fourth-order valence-electron chi connectivity index (χ4n) is 7.79. The highest BCUT2D eigenvalue weighted by Gasteiger charge is 2.34. The number of rotatable bonds is 12. The number of nitrogens with zero attached hydrogens (tertiary/aromatic N) is 3. The Hall–Kier alpha value is -6.65. The molecule has 2 aromatic heterocycles. The molecule has 0 bridgehead atoms. The Morgan fingerprint density at radius 2 is 1.36 bits per heavy atom. The smallest absolute Gasteiger partial charge is 0.165 e. The van der Waals surface area contributed by atoms with Crippen LogP contribution < -0.4 is 0 Å². The average molecular weight is 714 g/mol. The van der Waals surface area contributed by atoms with Crippen molar-refractivity contribution in [1.82, 2.24) is 15.0 Å². The van der Waals surface area contributed by atoms with Gasteiger partial charge in [-0.1, -0.05) is 177 Å². The van der Waals surface area contributed by atoms with E-state index in [-0.39, 0.29) is 5.92 Å². The van der Waals surface area contributed by atoms with E-state index in [9.17, 15) is 0 Å². The molecule has 55 heavy (non-hydrogen) atoms. The Kier molecular flexibility index (Phi) is 10.7. The highest BCUT2D eigenvalue weighted by Crippen LogP contribution is 2.46. The molecule has 0 aliphatic heterocycles. The summed E-state index contributed by atoms with van der Waals surface area (Å²) in [6.07, 6.45) is 34.3. The van der Waals surface area contributed by atoms with Gasteiger partial charge in [0.05, 0.1) is 0 Å². The summed E-state index contributed by atoms with van der Waals surface area (Å²) in [5.41, 5.74) is 8.01. The van der Waals surface area contributed by atoms with Crippen molar-refractivity contribution in [3.8, 4) is 33.9 Å². The number of furan rings is 1. The van der Waals surface area contributed by atoms with E-state index < -0.39 is 0 Å². The molecule has 0 radical (unpaired) electrons. The maximum absolute atomic E-state index is 6.46. The van der Waals surface area contributed by atoms with E-state index in [0.29, 0.717) is 29.3 Å². The van der Waals surface area contributed by atoms with E-state index >= 15 is 0 Å².